The highest BCUT2D eigenvalue weighted by Crippen LogP contribution is 2.22. The maximum Gasteiger partial charge on any atom is 0.175 e. The highest BCUT2D eigenvalue weighted by molar-refractivity contribution is 7.80. The molecule has 110 valence electrons. The van der Waals surface area contributed by atoms with Gasteiger partial charge in [0.2, 0.25) is 0 Å². The molecular formula is C16H17FN2OS. The molecule has 0 heterocycles. The summed E-state index contributed by atoms with van der Waals surface area (Å²) >= 11 is 5.27. The third-order valence-electron chi connectivity index (χ3n) is 3.14. The van der Waals surface area contributed by atoms with Gasteiger partial charge in [-0.3, -0.25) is 0 Å². The fourth-order valence-corrected chi connectivity index (χ4v) is 2.09. The molecule has 5 heteroatoms. The van der Waals surface area contributed by atoms with Gasteiger partial charge in [-0.25, -0.2) is 4.39 Å². The summed E-state index contributed by atoms with van der Waals surface area (Å²) in [5, 5.41) is 6.50. The summed E-state index contributed by atoms with van der Waals surface area (Å²) < 4.78 is 18.5. The third-order valence-corrected chi connectivity index (χ3v) is 3.34. The monoisotopic (exact) mass is 304 g/mol. The lowest BCUT2D eigenvalue weighted by Gasteiger charge is -2.15. The zero-order chi connectivity index (χ0) is 15.4. The average molecular weight is 304 g/mol. The average Bonchev–Trinajstić information content (AvgIpc) is 2.45. The molecule has 0 unspecified atom stereocenters. The van der Waals surface area contributed by atoms with Gasteiger partial charge in [-0.2, -0.15) is 0 Å². The molecule has 0 aliphatic heterocycles. The van der Waals surface area contributed by atoms with Crippen LogP contribution in [0.1, 0.15) is 11.1 Å². The first-order valence-electron chi connectivity index (χ1n) is 6.48. The topological polar surface area (TPSA) is 33.3 Å². The standard InChI is InChI=1S/C16H17FN2OS/c1-10-4-6-12(17)8-14(10)18-16(21)19-15-9-13(20-3)7-5-11(15)2/h4-9H,1-3H3,(H2,18,19,21). The lowest BCUT2D eigenvalue weighted by atomic mass is 10.2. The quantitative estimate of drug-likeness (QED) is 0.830. The van der Waals surface area contributed by atoms with Crippen molar-refractivity contribution in [2.24, 2.45) is 0 Å². The minimum Gasteiger partial charge on any atom is -0.497 e. The van der Waals surface area contributed by atoms with Crippen molar-refractivity contribution in [2.75, 3.05) is 17.7 Å². The van der Waals surface area contributed by atoms with Gasteiger partial charge >= 0.3 is 0 Å². The number of nitrogens with one attached hydrogen (secondary N) is 2. The number of aryl methyl sites for hydroxylation is 2. The van der Waals surface area contributed by atoms with Gasteiger partial charge in [0, 0.05) is 17.4 Å². The van der Waals surface area contributed by atoms with Crippen molar-refractivity contribution >= 4 is 28.7 Å². The number of hydrogen-bond acceptors (Lipinski definition) is 2. The van der Waals surface area contributed by atoms with Crippen molar-refractivity contribution in [2.45, 2.75) is 13.8 Å². The number of benzene rings is 2. The van der Waals surface area contributed by atoms with Crippen LogP contribution in [0.3, 0.4) is 0 Å². The fourth-order valence-electron chi connectivity index (χ4n) is 1.87. The summed E-state index contributed by atoms with van der Waals surface area (Å²) in [5.41, 5.74) is 3.45. The number of halogens is 1. The van der Waals surface area contributed by atoms with Crippen LogP contribution in [0.15, 0.2) is 36.4 Å². The molecule has 0 aromatic heterocycles. The molecule has 2 aromatic rings. The van der Waals surface area contributed by atoms with Crippen LogP contribution in [0, 0.1) is 19.7 Å². The van der Waals surface area contributed by atoms with Crippen LogP contribution in [0.25, 0.3) is 0 Å². The molecule has 2 rings (SSSR count). The third kappa shape index (κ3) is 3.92. The molecule has 2 N–H and O–H groups in total. The number of anilines is 2. The number of ether oxygens (including phenoxy) is 1. The Kier molecular flexibility index (Phi) is 4.75. The lowest BCUT2D eigenvalue weighted by Crippen LogP contribution is -2.20. The normalized spacial score (nSPS) is 10.1. The number of methoxy groups -OCH3 is 1. The van der Waals surface area contributed by atoms with E-state index in [-0.39, 0.29) is 5.82 Å². The molecule has 0 saturated heterocycles. The van der Waals surface area contributed by atoms with Gasteiger partial charge in [-0.05, 0) is 55.4 Å². The van der Waals surface area contributed by atoms with Crippen molar-refractivity contribution < 1.29 is 9.13 Å². The van der Waals surface area contributed by atoms with Gasteiger partial charge in [0.15, 0.2) is 5.11 Å². The molecule has 0 aliphatic rings. The van der Waals surface area contributed by atoms with Crippen molar-refractivity contribution in [3.05, 3.63) is 53.3 Å². The van der Waals surface area contributed by atoms with Gasteiger partial charge < -0.3 is 15.4 Å². The van der Waals surface area contributed by atoms with Crippen molar-refractivity contribution in [1.29, 1.82) is 0 Å². The lowest BCUT2D eigenvalue weighted by molar-refractivity contribution is 0.415. The predicted molar refractivity (Wildman–Crippen MR) is 88.7 cm³/mol. The molecule has 0 amide bonds. The van der Waals surface area contributed by atoms with Crippen LogP contribution in [-0.2, 0) is 0 Å². The minimum absolute atomic E-state index is 0.302. The van der Waals surface area contributed by atoms with Crippen LogP contribution >= 0.6 is 12.2 Å². The molecule has 3 nitrogen and oxygen atoms in total. The zero-order valence-corrected chi connectivity index (χ0v) is 13.0. The Morgan fingerprint density at radius 3 is 2.19 bits per heavy atom. The minimum atomic E-state index is -0.302. The van der Waals surface area contributed by atoms with E-state index in [2.05, 4.69) is 10.6 Å². The first kappa shape index (κ1) is 15.3. The van der Waals surface area contributed by atoms with Crippen molar-refractivity contribution in [1.82, 2.24) is 0 Å². The second-order valence-corrected chi connectivity index (χ2v) is 5.13. The largest absolute Gasteiger partial charge is 0.497 e. The van der Waals surface area contributed by atoms with Gasteiger partial charge in [0.05, 0.1) is 7.11 Å². The Balaban J connectivity index is 2.13. The van der Waals surface area contributed by atoms with Crippen molar-refractivity contribution in [3.8, 4) is 5.75 Å². The van der Waals surface area contributed by atoms with Crippen LogP contribution in [0.2, 0.25) is 0 Å². The van der Waals surface area contributed by atoms with Gasteiger partial charge in [0.25, 0.3) is 0 Å². The summed E-state index contributed by atoms with van der Waals surface area (Å²) in [6.07, 6.45) is 0. The highest BCUT2D eigenvalue weighted by atomic mass is 32.1. The van der Waals surface area contributed by atoms with E-state index < -0.39 is 0 Å². The Hall–Kier alpha value is -2.14. The number of hydrogen-bond donors (Lipinski definition) is 2. The Labute approximate surface area is 129 Å². The van der Waals surface area contributed by atoms with E-state index in [0.717, 1.165) is 22.6 Å². The Bertz CT molecular complexity index is 673. The molecule has 2 aromatic carbocycles. The zero-order valence-electron chi connectivity index (χ0n) is 12.2. The molecule has 21 heavy (non-hydrogen) atoms. The van der Waals surface area contributed by atoms with E-state index in [1.807, 2.05) is 32.0 Å². The maximum absolute atomic E-state index is 13.3. The predicted octanol–water partition coefficient (Wildman–Crippen LogP) is 4.26. The van der Waals surface area contributed by atoms with Gasteiger partial charge in [-0.1, -0.05) is 12.1 Å². The van der Waals surface area contributed by atoms with Crippen LogP contribution in [-0.4, -0.2) is 12.2 Å². The van der Waals surface area contributed by atoms with E-state index >= 15 is 0 Å². The second-order valence-electron chi connectivity index (χ2n) is 4.72. The fraction of sp³-hybridized carbons (Fsp3) is 0.188. The molecule has 0 aliphatic carbocycles. The van der Waals surface area contributed by atoms with Crippen molar-refractivity contribution in [3.63, 3.8) is 0 Å². The van der Waals surface area contributed by atoms with Crippen LogP contribution in [0.4, 0.5) is 15.8 Å². The van der Waals surface area contributed by atoms with E-state index in [0.29, 0.717) is 10.8 Å². The molecule has 0 atom stereocenters. The van der Waals surface area contributed by atoms with E-state index in [1.54, 1.807) is 13.2 Å². The summed E-state index contributed by atoms with van der Waals surface area (Å²) in [5.74, 6) is 0.441. The summed E-state index contributed by atoms with van der Waals surface area (Å²) in [7, 11) is 1.61. The Morgan fingerprint density at radius 1 is 1.00 bits per heavy atom. The molecule has 0 bridgehead atoms. The number of thiocarbonyl (C=S) groups is 1. The summed E-state index contributed by atoms with van der Waals surface area (Å²) in [4.78, 5) is 0. The molecule has 0 radical (unpaired) electrons. The van der Waals surface area contributed by atoms with Gasteiger partial charge in [-0.15, -0.1) is 0 Å². The van der Waals surface area contributed by atoms with Gasteiger partial charge in [0.1, 0.15) is 11.6 Å². The SMILES string of the molecule is COc1ccc(C)c(NC(=S)Nc2cc(F)ccc2C)c1. The first-order valence-corrected chi connectivity index (χ1v) is 6.89. The maximum atomic E-state index is 13.3. The second kappa shape index (κ2) is 6.54. The van der Waals surface area contributed by atoms with E-state index in [1.165, 1.54) is 12.1 Å². The molecular weight excluding hydrogens is 287 g/mol. The van der Waals surface area contributed by atoms with Crippen LogP contribution < -0.4 is 15.4 Å². The number of rotatable bonds is 3. The van der Waals surface area contributed by atoms with Crippen LogP contribution in [0.5, 0.6) is 5.75 Å². The van der Waals surface area contributed by atoms with E-state index in [9.17, 15) is 4.39 Å². The summed E-state index contributed by atoms with van der Waals surface area (Å²) in [6, 6.07) is 10.2. The Morgan fingerprint density at radius 2 is 1.57 bits per heavy atom. The first-order chi connectivity index (χ1) is 9.99. The molecule has 0 spiro atoms. The van der Waals surface area contributed by atoms with E-state index in [4.69, 9.17) is 17.0 Å². The smallest absolute Gasteiger partial charge is 0.175 e. The summed E-state index contributed by atoms with van der Waals surface area (Å²) in [6.45, 7) is 3.86. The highest BCUT2D eigenvalue weighted by Gasteiger charge is 2.06. The molecule has 0 fully saturated rings. The molecule has 0 saturated carbocycles.